The van der Waals surface area contributed by atoms with Crippen molar-refractivity contribution in [3.8, 4) is 0 Å². The van der Waals surface area contributed by atoms with Crippen LogP contribution in [0.3, 0.4) is 0 Å². The van der Waals surface area contributed by atoms with Crippen molar-refractivity contribution in [1.29, 1.82) is 0 Å². The summed E-state index contributed by atoms with van der Waals surface area (Å²) in [5.74, 6) is -0.516. The molecule has 9 heteroatoms. The summed E-state index contributed by atoms with van der Waals surface area (Å²) < 4.78 is 7.14. The van der Waals surface area contributed by atoms with E-state index in [4.69, 9.17) is 4.74 Å². The molecule has 3 aromatic rings. The second-order valence-corrected chi connectivity index (χ2v) is 8.57. The van der Waals surface area contributed by atoms with Gasteiger partial charge in [0.05, 0.1) is 33.4 Å². The van der Waals surface area contributed by atoms with Gasteiger partial charge in [-0.05, 0) is 38.0 Å². The molecule has 2 aromatic carbocycles. The number of hydrogen-bond acceptors (Lipinski definition) is 7. The van der Waals surface area contributed by atoms with Gasteiger partial charge in [0.1, 0.15) is 0 Å². The van der Waals surface area contributed by atoms with Gasteiger partial charge >= 0.3 is 5.97 Å². The summed E-state index contributed by atoms with van der Waals surface area (Å²) in [5.41, 5.74) is 2.76. The number of allylic oxidation sites excluding steroid dienone is 1. The molecule has 0 aliphatic carbocycles. The van der Waals surface area contributed by atoms with Crippen LogP contribution in [-0.2, 0) is 9.53 Å². The molecule has 0 saturated carbocycles. The molecule has 1 atom stereocenters. The van der Waals surface area contributed by atoms with Crippen molar-refractivity contribution in [2.75, 3.05) is 6.61 Å². The van der Waals surface area contributed by atoms with E-state index in [1.165, 1.54) is 28.0 Å². The quantitative estimate of drug-likeness (QED) is 0.329. The third-order valence-electron chi connectivity index (χ3n) is 5.29. The molecule has 2 heterocycles. The summed E-state index contributed by atoms with van der Waals surface area (Å²) in [7, 11) is 0. The smallest absolute Gasteiger partial charge is 0.338 e. The number of nitro groups is 1. The second-order valence-electron chi connectivity index (χ2n) is 7.57. The minimum atomic E-state index is -0.687. The average molecular weight is 464 g/mol. The summed E-state index contributed by atoms with van der Waals surface area (Å²) in [6, 6.07) is 13.0. The minimum absolute atomic E-state index is 0.0606. The van der Waals surface area contributed by atoms with Gasteiger partial charge in [-0.2, -0.15) is 0 Å². The average Bonchev–Trinajstić information content (AvgIpc) is 3.08. The van der Waals surface area contributed by atoms with Crippen molar-refractivity contribution < 1.29 is 14.5 Å². The number of rotatable bonds is 5. The number of non-ortho nitro benzene ring substituents is 1. The second kappa shape index (κ2) is 8.95. The van der Waals surface area contributed by atoms with E-state index in [0.717, 1.165) is 11.1 Å². The zero-order chi connectivity index (χ0) is 23.7. The van der Waals surface area contributed by atoms with E-state index in [1.807, 2.05) is 31.2 Å². The largest absolute Gasteiger partial charge is 0.463 e. The van der Waals surface area contributed by atoms with Gasteiger partial charge in [0.25, 0.3) is 11.2 Å². The van der Waals surface area contributed by atoms with Gasteiger partial charge in [-0.1, -0.05) is 53.3 Å². The van der Waals surface area contributed by atoms with Gasteiger partial charge < -0.3 is 4.74 Å². The number of fused-ring (bicyclic) bond motifs is 1. The molecule has 0 N–H and O–H groups in total. The van der Waals surface area contributed by atoms with Crippen LogP contribution in [0.4, 0.5) is 5.69 Å². The SMILES string of the molecule is CCOC(=O)C1=C(C)N=c2s/c(=C/c3cccc([N+](=O)[O-])c3)c(=O)n2[C@@H]1c1ccc(C)cc1. The summed E-state index contributed by atoms with van der Waals surface area (Å²) in [6.07, 6.45) is 1.60. The molecular weight excluding hydrogens is 442 g/mol. The lowest BCUT2D eigenvalue weighted by Gasteiger charge is -2.24. The topological polar surface area (TPSA) is 104 Å². The predicted molar refractivity (Wildman–Crippen MR) is 125 cm³/mol. The van der Waals surface area contributed by atoms with Crippen molar-refractivity contribution in [2.24, 2.45) is 4.99 Å². The molecule has 1 aromatic heterocycles. The molecule has 168 valence electrons. The van der Waals surface area contributed by atoms with Crippen LogP contribution in [0.25, 0.3) is 6.08 Å². The Morgan fingerprint density at radius 2 is 1.97 bits per heavy atom. The van der Waals surface area contributed by atoms with Crippen LogP contribution >= 0.6 is 11.3 Å². The van der Waals surface area contributed by atoms with Crippen molar-refractivity contribution in [3.05, 3.63) is 106 Å². The Hall–Kier alpha value is -3.85. The number of ether oxygens (including phenoxy) is 1. The van der Waals surface area contributed by atoms with Crippen LogP contribution < -0.4 is 14.9 Å². The van der Waals surface area contributed by atoms with E-state index in [9.17, 15) is 19.7 Å². The zero-order valence-corrected chi connectivity index (χ0v) is 19.1. The van der Waals surface area contributed by atoms with Gasteiger partial charge in [-0.25, -0.2) is 9.79 Å². The van der Waals surface area contributed by atoms with E-state index < -0.39 is 16.9 Å². The molecule has 0 saturated heterocycles. The Morgan fingerprint density at radius 3 is 2.64 bits per heavy atom. The van der Waals surface area contributed by atoms with Crippen LogP contribution in [0, 0.1) is 17.0 Å². The molecule has 1 aliphatic heterocycles. The van der Waals surface area contributed by atoms with Gasteiger partial charge in [-0.15, -0.1) is 0 Å². The Labute approximate surface area is 192 Å². The van der Waals surface area contributed by atoms with Crippen molar-refractivity contribution in [3.63, 3.8) is 0 Å². The van der Waals surface area contributed by atoms with E-state index in [1.54, 1.807) is 32.1 Å². The molecule has 0 bridgehead atoms. The van der Waals surface area contributed by atoms with E-state index in [-0.39, 0.29) is 17.9 Å². The molecule has 4 rings (SSSR count). The number of aryl methyl sites for hydroxylation is 1. The van der Waals surface area contributed by atoms with Crippen LogP contribution in [0.15, 0.2) is 69.6 Å². The number of hydrogen-bond donors (Lipinski definition) is 0. The molecule has 8 nitrogen and oxygen atoms in total. The molecule has 0 amide bonds. The lowest BCUT2D eigenvalue weighted by molar-refractivity contribution is -0.384. The van der Waals surface area contributed by atoms with Crippen LogP contribution in [0.1, 0.15) is 36.6 Å². The number of aromatic nitrogens is 1. The van der Waals surface area contributed by atoms with Crippen LogP contribution in [0.5, 0.6) is 0 Å². The van der Waals surface area contributed by atoms with Crippen molar-refractivity contribution in [2.45, 2.75) is 26.8 Å². The number of nitrogens with zero attached hydrogens (tertiary/aromatic N) is 3. The first kappa shape index (κ1) is 22.3. The standard InChI is InChI=1S/C24H21N3O5S/c1-4-32-23(29)20-15(3)25-24-26(21(20)17-10-8-14(2)9-11-17)22(28)19(33-24)13-16-6-5-7-18(12-16)27(30)31/h5-13,21H,4H2,1-3H3/b19-13+/t21-/m1/s1. The normalized spacial score (nSPS) is 15.7. The number of carbonyl (C=O) groups is 1. The van der Waals surface area contributed by atoms with Gasteiger partial charge in [0.2, 0.25) is 0 Å². The Kier molecular flexibility index (Phi) is 6.06. The summed E-state index contributed by atoms with van der Waals surface area (Å²) in [6.45, 7) is 5.61. The third kappa shape index (κ3) is 4.27. The molecule has 1 aliphatic rings. The first-order valence-electron chi connectivity index (χ1n) is 10.3. The van der Waals surface area contributed by atoms with Crippen LogP contribution in [0.2, 0.25) is 0 Å². The van der Waals surface area contributed by atoms with Gasteiger partial charge in [0.15, 0.2) is 4.80 Å². The summed E-state index contributed by atoms with van der Waals surface area (Å²) in [4.78, 5) is 42.0. The lowest BCUT2D eigenvalue weighted by Crippen LogP contribution is -2.39. The fourth-order valence-corrected chi connectivity index (χ4v) is 4.78. The molecule has 0 radical (unpaired) electrons. The Morgan fingerprint density at radius 1 is 1.24 bits per heavy atom. The maximum Gasteiger partial charge on any atom is 0.338 e. The van der Waals surface area contributed by atoms with Gasteiger partial charge in [-0.3, -0.25) is 19.5 Å². The molecule has 0 fully saturated rings. The number of thiazole rings is 1. The van der Waals surface area contributed by atoms with Crippen molar-refractivity contribution in [1.82, 2.24) is 4.57 Å². The molecule has 0 unspecified atom stereocenters. The highest BCUT2D eigenvalue weighted by atomic mass is 32.1. The first-order valence-corrected chi connectivity index (χ1v) is 11.1. The van der Waals surface area contributed by atoms with Crippen molar-refractivity contribution >= 4 is 29.1 Å². The van der Waals surface area contributed by atoms with E-state index in [2.05, 4.69) is 4.99 Å². The molecule has 0 spiro atoms. The highest BCUT2D eigenvalue weighted by molar-refractivity contribution is 7.07. The predicted octanol–water partition coefficient (Wildman–Crippen LogP) is 3.01. The fourth-order valence-electron chi connectivity index (χ4n) is 3.74. The first-order chi connectivity index (χ1) is 15.8. The van der Waals surface area contributed by atoms with E-state index >= 15 is 0 Å². The Bertz CT molecular complexity index is 1460. The van der Waals surface area contributed by atoms with Crippen LogP contribution in [-0.4, -0.2) is 22.1 Å². The Balaban J connectivity index is 1.94. The number of nitro benzene ring substituents is 1. The number of carbonyl (C=O) groups excluding carboxylic acids is 1. The highest BCUT2D eigenvalue weighted by Gasteiger charge is 2.33. The van der Waals surface area contributed by atoms with E-state index in [0.29, 0.717) is 26.2 Å². The minimum Gasteiger partial charge on any atom is -0.463 e. The number of esters is 1. The summed E-state index contributed by atoms with van der Waals surface area (Å²) >= 11 is 1.18. The maximum atomic E-state index is 13.5. The molecular formula is C24H21N3O5S. The number of benzene rings is 2. The highest BCUT2D eigenvalue weighted by Crippen LogP contribution is 2.30. The third-order valence-corrected chi connectivity index (χ3v) is 6.27. The van der Waals surface area contributed by atoms with Gasteiger partial charge in [0, 0.05) is 12.1 Å². The zero-order valence-electron chi connectivity index (χ0n) is 18.3. The lowest BCUT2D eigenvalue weighted by atomic mass is 9.95. The fraction of sp³-hybridized carbons (Fsp3) is 0.208. The molecule has 33 heavy (non-hydrogen) atoms. The monoisotopic (exact) mass is 463 g/mol. The maximum absolute atomic E-state index is 13.5. The summed E-state index contributed by atoms with van der Waals surface area (Å²) in [5, 5.41) is 11.1.